The molecule has 18 heavy (non-hydrogen) atoms. The molecular weight excluding hydrogens is 226 g/mol. The third-order valence-electron chi connectivity index (χ3n) is 2.90. The van der Waals surface area contributed by atoms with Crippen molar-refractivity contribution in [3.63, 3.8) is 0 Å². The summed E-state index contributed by atoms with van der Waals surface area (Å²) in [6.07, 6.45) is 1.58. The van der Waals surface area contributed by atoms with Gasteiger partial charge in [-0.05, 0) is 38.1 Å². The van der Waals surface area contributed by atoms with Crippen LogP contribution in [0.2, 0.25) is 0 Å². The van der Waals surface area contributed by atoms with E-state index in [2.05, 4.69) is 28.7 Å². The highest BCUT2D eigenvalue weighted by molar-refractivity contribution is 5.63. The normalized spacial score (nSPS) is 10.3. The SMILES string of the molecule is CCN(CC)c1cc(-c2ccc(O)cc2)ncn1. The Balaban J connectivity index is 2.34. The van der Waals surface area contributed by atoms with Crippen LogP contribution in [-0.2, 0) is 0 Å². The Morgan fingerprint density at radius 1 is 1.06 bits per heavy atom. The molecule has 0 saturated carbocycles. The summed E-state index contributed by atoms with van der Waals surface area (Å²) >= 11 is 0. The Hall–Kier alpha value is -2.10. The topological polar surface area (TPSA) is 49.2 Å². The fourth-order valence-electron chi connectivity index (χ4n) is 1.86. The number of phenols is 1. The molecule has 0 atom stereocenters. The Bertz CT molecular complexity index is 507. The summed E-state index contributed by atoms with van der Waals surface area (Å²) in [5.74, 6) is 1.19. The van der Waals surface area contributed by atoms with Gasteiger partial charge < -0.3 is 10.0 Å². The summed E-state index contributed by atoms with van der Waals surface area (Å²) in [5, 5.41) is 9.28. The quantitative estimate of drug-likeness (QED) is 0.897. The summed E-state index contributed by atoms with van der Waals surface area (Å²) in [6.45, 7) is 6.04. The molecule has 0 spiro atoms. The second-order valence-electron chi connectivity index (χ2n) is 3.98. The number of benzene rings is 1. The number of nitrogens with zero attached hydrogens (tertiary/aromatic N) is 3. The van der Waals surface area contributed by atoms with Crippen molar-refractivity contribution in [2.24, 2.45) is 0 Å². The van der Waals surface area contributed by atoms with E-state index in [1.54, 1.807) is 18.5 Å². The lowest BCUT2D eigenvalue weighted by molar-refractivity contribution is 0.475. The van der Waals surface area contributed by atoms with E-state index in [9.17, 15) is 5.11 Å². The summed E-state index contributed by atoms with van der Waals surface area (Å²) in [6, 6.07) is 9.00. The minimum absolute atomic E-state index is 0.261. The van der Waals surface area contributed by atoms with Gasteiger partial charge in [0.1, 0.15) is 17.9 Å². The molecule has 1 aromatic carbocycles. The van der Waals surface area contributed by atoms with E-state index in [4.69, 9.17) is 0 Å². The molecule has 94 valence electrons. The van der Waals surface area contributed by atoms with Gasteiger partial charge in [-0.25, -0.2) is 9.97 Å². The molecule has 2 aromatic rings. The smallest absolute Gasteiger partial charge is 0.132 e. The van der Waals surface area contributed by atoms with Crippen molar-refractivity contribution in [3.05, 3.63) is 36.7 Å². The van der Waals surface area contributed by atoms with E-state index in [1.807, 2.05) is 18.2 Å². The first-order valence-electron chi connectivity index (χ1n) is 6.11. The van der Waals surface area contributed by atoms with Gasteiger partial charge in [0, 0.05) is 24.7 Å². The third-order valence-corrected chi connectivity index (χ3v) is 2.90. The van der Waals surface area contributed by atoms with Gasteiger partial charge in [-0.3, -0.25) is 0 Å². The van der Waals surface area contributed by atoms with Gasteiger partial charge in [0.25, 0.3) is 0 Å². The fraction of sp³-hybridized carbons (Fsp3) is 0.286. The molecule has 0 radical (unpaired) electrons. The summed E-state index contributed by atoms with van der Waals surface area (Å²) in [5.41, 5.74) is 1.84. The molecular formula is C14H17N3O. The van der Waals surface area contributed by atoms with Gasteiger partial charge in [-0.1, -0.05) is 0 Å². The maximum Gasteiger partial charge on any atom is 0.132 e. The maximum absolute atomic E-state index is 9.28. The Kier molecular flexibility index (Phi) is 3.77. The number of aromatic nitrogens is 2. The summed E-state index contributed by atoms with van der Waals surface area (Å²) in [4.78, 5) is 10.7. The minimum atomic E-state index is 0.261. The third kappa shape index (κ3) is 2.59. The summed E-state index contributed by atoms with van der Waals surface area (Å²) < 4.78 is 0. The van der Waals surface area contributed by atoms with Crippen LogP contribution < -0.4 is 4.90 Å². The molecule has 0 aliphatic carbocycles. The van der Waals surface area contributed by atoms with E-state index in [1.165, 1.54) is 0 Å². The van der Waals surface area contributed by atoms with Crippen molar-refractivity contribution in [2.45, 2.75) is 13.8 Å². The van der Waals surface area contributed by atoms with Gasteiger partial charge in [0.05, 0.1) is 5.69 Å². The van der Waals surface area contributed by atoms with Crippen LogP contribution in [0.15, 0.2) is 36.7 Å². The first-order chi connectivity index (χ1) is 8.74. The van der Waals surface area contributed by atoms with Gasteiger partial charge in [0.2, 0.25) is 0 Å². The van der Waals surface area contributed by atoms with Crippen molar-refractivity contribution in [1.29, 1.82) is 0 Å². The predicted octanol–water partition coefficient (Wildman–Crippen LogP) is 2.70. The lowest BCUT2D eigenvalue weighted by Crippen LogP contribution is -2.22. The Labute approximate surface area is 107 Å². The van der Waals surface area contributed by atoms with E-state index >= 15 is 0 Å². The molecule has 0 unspecified atom stereocenters. The standard InChI is InChI=1S/C14H17N3O/c1-3-17(4-2)14-9-13(15-10-16-14)11-5-7-12(18)8-6-11/h5-10,18H,3-4H2,1-2H3. The second-order valence-corrected chi connectivity index (χ2v) is 3.98. The fourth-order valence-corrected chi connectivity index (χ4v) is 1.86. The van der Waals surface area contributed by atoms with Crippen molar-refractivity contribution in [3.8, 4) is 17.0 Å². The van der Waals surface area contributed by atoms with Crippen LogP contribution in [-0.4, -0.2) is 28.2 Å². The van der Waals surface area contributed by atoms with Crippen LogP contribution in [0.4, 0.5) is 5.82 Å². The van der Waals surface area contributed by atoms with Crippen molar-refractivity contribution < 1.29 is 5.11 Å². The number of rotatable bonds is 4. The molecule has 1 aromatic heterocycles. The number of aromatic hydroxyl groups is 1. The molecule has 2 rings (SSSR count). The molecule has 4 heteroatoms. The van der Waals surface area contributed by atoms with E-state index in [0.717, 1.165) is 30.2 Å². The van der Waals surface area contributed by atoms with E-state index < -0.39 is 0 Å². The zero-order valence-electron chi connectivity index (χ0n) is 10.7. The molecule has 1 heterocycles. The van der Waals surface area contributed by atoms with Crippen LogP contribution >= 0.6 is 0 Å². The van der Waals surface area contributed by atoms with Crippen molar-refractivity contribution in [2.75, 3.05) is 18.0 Å². The second kappa shape index (κ2) is 5.49. The lowest BCUT2D eigenvalue weighted by Gasteiger charge is -2.19. The number of hydrogen-bond donors (Lipinski definition) is 1. The zero-order chi connectivity index (χ0) is 13.0. The maximum atomic E-state index is 9.28. The average Bonchev–Trinajstić information content (AvgIpc) is 2.41. The molecule has 0 aliphatic rings. The zero-order valence-corrected chi connectivity index (χ0v) is 10.7. The van der Waals surface area contributed by atoms with Crippen molar-refractivity contribution in [1.82, 2.24) is 9.97 Å². The lowest BCUT2D eigenvalue weighted by atomic mass is 10.1. The molecule has 1 N–H and O–H groups in total. The molecule has 0 saturated heterocycles. The van der Waals surface area contributed by atoms with Gasteiger partial charge in [-0.2, -0.15) is 0 Å². The molecule has 0 aliphatic heterocycles. The first kappa shape index (κ1) is 12.4. The van der Waals surface area contributed by atoms with Gasteiger partial charge in [0.15, 0.2) is 0 Å². The first-order valence-corrected chi connectivity index (χ1v) is 6.11. The highest BCUT2D eigenvalue weighted by Crippen LogP contribution is 2.22. The van der Waals surface area contributed by atoms with E-state index in [0.29, 0.717) is 0 Å². The average molecular weight is 243 g/mol. The van der Waals surface area contributed by atoms with Crippen LogP contribution in [0.5, 0.6) is 5.75 Å². The monoisotopic (exact) mass is 243 g/mol. The van der Waals surface area contributed by atoms with Gasteiger partial charge >= 0.3 is 0 Å². The van der Waals surface area contributed by atoms with Crippen LogP contribution in [0.25, 0.3) is 11.3 Å². The van der Waals surface area contributed by atoms with Gasteiger partial charge in [-0.15, -0.1) is 0 Å². The largest absolute Gasteiger partial charge is 0.508 e. The van der Waals surface area contributed by atoms with Crippen LogP contribution in [0.3, 0.4) is 0 Å². The number of phenolic OH excluding ortho intramolecular Hbond substituents is 1. The number of hydrogen-bond acceptors (Lipinski definition) is 4. The molecule has 0 amide bonds. The highest BCUT2D eigenvalue weighted by atomic mass is 16.3. The highest BCUT2D eigenvalue weighted by Gasteiger charge is 2.06. The minimum Gasteiger partial charge on any atom is -0.508 e. The molecule has 0 fully saturated rings. The van der Waals surface area contributed by atoms with Crippen LogP contribution in [0.1, 0.15) is 13.8 Å². The summed E-state index contributed by atoms with van der Waals surface area (Å²) in [7, 11) is 0. The molecule has 0 bridgehead atoms. The van der Waals surface area contributed by atoms with Crippen LogP contribution in [0, 0.1) is 0 Å². The van der Waals surface area contributed by atoms with E-state index in [-0.39, 0.29) is 5.75 Å². The Morgan fingerprint density at radius 2 is 1.72 bits per heavy atom. The Morgan fingerprint density at radius 3 is 2.33 bits per heavy atom. The predicted molar refractivity (Wildman–Crippen MR) is 72.7 cm³/mol. The molecule has 4 nitrogen and oxygen atoms in total. The van der Waals surface area contributed by atoms with Crippen molar-refractivity contribution >= 4 is 5.82 Å². The number of anilines is 1.